The Hall–Kier alpha value is -2.04. The SMILES string of the molecule is COc1ccc(OC(=O)NC=O)cc1. The molecule has 0 saturated carbocycles. The van der Waals surface area contributed by atoms with Gasteiger partial charge in [0.1, 0.15) is 11.5 Å². The number of benzene rings is 1. The summed E-state index contributed by atoms with van der Waals surface area (Å²) in [5.41, 5.74) is 0. The fourth-order valence-corrected chi connectivity index (χ4v) is 0.828. The van der Waals surface area contributed by atoms with Gasteiger partial charge in [0.25, 0.3) is 0 Å². The van der Waals surface area contributed by atoms with Crippen LogP contribution in [0.15, 0.2) is 24.3 Å². The van der Waals surface area contributed by atoms with E-state index in [2.05, 4.69) is 0 Å². The van der Waals surface area contributed by atoms with Crippen molar-refractivity contribution in [3.05, 3.63) is 24.3 Å². The van der Waals surface area contributed by atoms with Crippen molar-refractivity contribution < 1.29 is 19.1 Å². The van der Waals surface area contributed by atoms with Crippen molar-refractivity contribution >= 4 is 12.5 Å². The molecule has 0 bridgehead atoms. The smallest absolute Gasteiger partial charge is 0.419 e. The van der Waals surface area contributed by atoms with Gasteiger partial charge < -0.3 is 9.47 Å². The van der Waals surface area contributed by atoms with Gasteiger partial charge in [-0.3, -0.25) is 10.1 Å². The number of imide groups is 1. The Kier molecular flexibility index (Phi) is 3.49. The van der Waals surface area contributed by atoms with Crippen LogP contribution in [-0.4, -0.2) is 19.6 Å². The Bertz CT molecular complexity index is 320. The van der Waals surface area contributed by atoms with Crippen LogP contribution in [0.1, 0.15) is 0 Å². The number of rotatable bonds is 3. The first kappa shape index (κ1) is 10.0. The fourth-order valence-electron chi connectivity index (χ4n) is 0.828. The number of methoxy groups -OCH3 is 1. The lowest BCUT2D eigenvalue weighted by Crippen LogP contribution is -2.24. The number of carbonyl (C=O) groups is 2. The van der Waals surface area contributed by atoms with Crippen molar-refractivity contribution in [2.75, 3.05) is 7.11 Å². The Morgan fingerprint density at radius 3 is 2.36 bits per heavy atom. The summed E-state index contributed by atoms with van der Waals surface area (Å²) in [5.74, 6) is 0.998. The molecule has 0 spiro atoms. The van der Waals surface area contributed by atoms with Crippen LogP contribution in [0.4, 0.5) is 4.79 Å². The van der Waals surface area contributed by atoms with Gasteiger partial charge in [0, 0.05) is 0 Å². The van der Waals surface area contributed by atoms with Gasteiger partial charge in [-0.1, -0.05) is 0 Å². The minimum absolute atomic E-state index is 0.256. The Morgan fingerprint density at radius 2 is 1.86 bits per heavy atom. The van der Waals surface area contributed by atoms with Gasteiger partial charge in [-0.2, -0.15) is 0 Å². The van der Waals surface area contributed by atoms with Crippen molar-refractivity contribution in [3.63, 3.8) is 0 Å². The predicted octanol–water partition coefficient (Wildman–Crippen LogP) is 0.940. The number of ether oxygens (including phenoxy) is 2. The Labute approximate surface area is 80.6 Å². The van der Waals surface area contributed by atoms with Crippen LogP contribution in [0.25, 0.3) is 0 Å². The largest absolute Gasteiger partial charge is 0.497 e. The second kappa shape index (κ2) is 4.86. The van der Waals surface area contributed by atoms with Gasteiger partial charge in [0.05, 0.1) is 7.11 Å². The highest BCUT2D eigenvalue weighted by molar-refractivity contribution is 5.81. The molecule has 0 fully saturated rings. The van der Waals surface area contributed by atoms with Crippen molar-refractivity contribution in [2.24, 2.45) is 0 Å². The normalized spacial score (nSPS) is 8.93. The summed E-state index contributed by atoms with van der Waals surface area (Å²) in [6.45, 7) is 0. The van der Waals surface area contributed by atoms with E-state index in [-0.39, 0.29) is 6.41 Å². The summed E-state index contributed by atoms with van der Waals surface area (Å²) >= 11 is 0. The molecule has 0 radical (unpaired) electrons. The summed E-state index contributed by atoms with van der Waals surface area (Å²) in [6.07, 6.45) is -0.559. The third kappa shape index (κ3) is 2.78. The molecule has 14 heavy (non-hydrogen) atoms. The molecule has 2 amide bonds. The molecular weight excluding hydrogens is 186 g/mol. The summed E-state index contributed by atoms with van der Waals surface area (Å²) in [6, 6.07) is 6.40. The topological polar surface area (TPSA) is 64.6 Å². The quantitative estimate of drug-likeness (QED) is 0.729. The number of amides is 2. The van der Waals surface area contributed by atoms with Gasteiger partial charge in [0.2, 0.25) is 6.41 Å². The highest BCUT2D eigenvalue weighted by Gasteiger charge is 2.01. The monoisotopic (exact) mass is 195 g/mol. The van der Waals surface area contributed by atoms with Crippen LogP contribution >= 0.6 is 0 Å². The zero-order valence-electron chi connectivity index (χ0n) is 7.52. The molecule has 0 heterocycles. The molecule has 0 saturated heterocycles. The third-order valence-corrected chi connectivity index (χ3v) is 1.45. The molecule has 0 aliphatic heterocycles. The second-order valence-corrected chi connectivity index (χ2v) is 2.33. The first-order valence-corrected chi connectivity index (χ1v) is 3.82. The summed E-state index contributed by atoms with van der Waals surface area (Å²) in [5, 5.41) is 1.85. The number of hydrogen-bond acceptors (Lipinski definition) is 4. The van der Waals surface area contributed by atoms with E-state index in [4.69, 9.17) is 9.47 Å². The molecule has 74 valence electrons. The van der Waals surface area contributed by atoms with Crippen molar-refractivity contribution in [3.8, 4) is 11.5 Å². The highest BCUT2D eigenvalue weighted by Crippen LogP contribution is 2.16. The zero-order valence-corrected chi connectivity index (χ0v) is 7.52. The Balaban J connectivity index is 2.59. The fraction of sp³-hybridized carbons (Fsp3) is 0.111. The maximum absolute atomic E-state index is 10.8. The van der Waals surface area contributed by atoms with Crippen LogP contribution < -0.4 is 14.8 Å². The van der Waals surface area contributed by atoms with Crippen LogP contribution in [0.5, 0.6) is 11.5 Å². The van der Waals surface area contributed by atoms with E-state index in [1.54, 1.807) is 24.3 Å². The summed E-state index contributed by atoms with van der Waals surface area (Å²) in [4.78, 5) is 20.6. The molecule has 0 aliphatic rings. The third-order valence-electron chi connectivity index (χ3n) is 1.45. The summed E-state index contributed by atoms with van der Waals surface area (Å²) in [7, 11) is 1.54. The maximum atomic E-state index is 10.8. The zero-order chi connectivity index (χ0) is 10.4. The lowest BCUT2D eigenvalue weighted by Gasteiger charge is -2.03. The first-order valence-electron chi connectivity index (χ1n) is 3.82. The van der Waals surface area contributed by atoms with E-state index in [1.807, 2.05) is 5.32 Å². The van der Waals surface area contributed by atoms with E-state index in [0.29, 0.717) is 11.5 Å². The minimum Gasteiger partial charge on any atom is -0.497 e. The molecule has 0 atom stereocenters. The first-order chi connectivity index (χ1) is 6.76. The number of nitrogens with one attached hydrogen (secondary N) is 1. The molecule has 1 N–H and O–H groups in total. The molecule has 0 aliphatic carbocycles. The van der Waals surface area contributed by atoms with Gasteiger partial charge in [-0.15, -0.1) is 0 Å². The van der Waals surface area contributed by atoms with Gasteiger partial charge in [-0.05, 0) is 24.3 Å². The average Bonchev–Trinajstić information content (AvgIpc) is 2.19. The van der Waals surface area contributed by atoms with Crippen LogP contribution in [0.3, 0.4) is 0 Å². The molecule has 5 heteroatoms. The molecule has 1 aromatic carbocycles. The molecule has 5 nitrogen and oxygen atoms in total. The second-order valence-electron chi connectivity index (χ2n) is 2.33. The van der Waals surface area contributed by atoms with E-state index >= 15 is 0 Å². The lowest BCUT2D eigenvalue weighted by molar-refractivity contribution is -0.108. The van der Waals surface area contributed by atoms with Crippen molar-refractivity contribution in [2.45, 2.75) is 0 Å². The molecule has 0 aromatic heterocycles. The Morgan fingerprint density at radius 1 is 1.29 bits per heavy atom. The highest BCUT2D eigenvalue weighted by atomic mass is 16.6. The predicted molar refractivity (Wildman–Crippen MR) is 48.2 cm³/mol. The van der Waals surface area contributed by atoms with Crippen LogP contribution in [-0.2, 0) is 4.79 Å². The van der Waals surface area contributed by atoms with Gasteiger partial charge >= 0.3 is 6.09 Å². The van der Waals surface area contributed by atoms with Crippen LogP contribution in [0, 0.1) is 0 Å². The molecular formula is C9H9NO4. The van der Waals surface area contributed by atoms with Gasteiger partial charge in [-0.25, -0.2) is 4.79 Å². The number of hydrogen-bond donors (Lipinski definition) is 1. The average molecular weight is 195 g/mol. The lowest BCUT2D eigenvalue weighted by atomic mass is 10.3. The standard InChI is InChI=1S/C9H9NO4/c1-13-7-2-4-8(5-3-7)14-9(12)10-6-11/h2-6H,1H3,(H,10,11,12). The van der Waals surface area contributed by atoms with E-state index in [1.165, 1.54) is 7.11 Å². The molecule has 1 aromatic rings. The minimum atomic E-state index is -0.815. The van der Waals surface area contributed by atoms with Crippen LogP contribution in [0.2, 0.25) is 0 Å². The maximum Gasteiger partial charge on any atom is 0.419 e. The van der Waals surface area contributed by atoms with E-state index in [9.17, 15) is 9.59 Å². The van der Waals surface area contributed by atoms with E-state index < -0.39 is 6.09 Å². The van der Waals surface area contributed by atoms with Crippen molar-refractivity contribution in [1.29, 1.82) is 0 Å². The van der Waals surface area contributed by atoms with E-state index in [0.717, 1.165) is 0 Å². The number of carbonyl (C=O) groups excluding carboxylic acids is 2. The summed E-state index contributed by atoms with van der Waals surface area (Å²) < 4.78 is 9.63. The van der Waals surface area contributed by atoms with Crippen molar-refractivity contribution in [1.82, 2.24) is 5.32 Å². The molecule has 1 rings (SSSR count). The molecule has 0 unspecified atom stereocenters. The van der Waals surface area contributed by atoms with Gasteiger partial charge in [0.15, 0.2) is 0 Å².